The van der Waals surface area contributed by atoms with Crippen molar-refractivity contribution in [3.63, 3.8) is 0 Å². The summed E-state index contributed by atoms with van der Waals surface area (Å²) < 4.78 is 0. The lowest BCUT2D eigenvalue weighted by molar-refractivity contribution is -0.385. The molecule has 6 heteroatoms. The summed E-state index contributed by atoms with van der Waals surface area (Å²) in [5.74, 6) is -0.503. The van der Waals surface area contributed by atoms with Gasteiger partial charge in [0.25, 0.3) is 11.6 Å². The molecule has 18 heavy (non-hydrogen) atoms. The van der Waals surface area contributed by atoms with Gasteiger partial charge >= 0.3 is 0 Å². The van der Waals surface area contributed by atoms with E-state index in [-0.39, 0.29) is 23.8 Å². The van der Waals surface area contributed by atoms with E-state index >= 15 is 0 Å². The second-order valence-electron chi connectivity index (χ2n) is 4.28. The third-order valence-electron chi connectivity index (χ3n) is 2.66. The fourth-order valence-electron chi connectivity index (χ4n) is 1.49. The number of nitro benzene ring substituents is 1. The maximum atomic E-state index is 11.9. The van der Waals surface area contributed by atoms with E-state index in [1.807, 2.05) is 13.8 Å². The number of amides is 1. The summed E-state index contributed by atoms with van der Waals surface area (Å²) in [7, 11) is 0. The van der Waals surface area contributed by atoms with Gasteiger partial charge in [0, 0.05) is 6.07 Å². The van der Waals surface area contributed by atoms with E-state index in [1.54, 1.807) is 6.07 Å². The zero-order valence-corrected chi connectivity index (χ0v) is 10.3. The molecule has 0 saturated heterocycles. The van der Waals surface area contributed by atoms with Gasteiger partial charge in [-0.2, -0.15) is 0 Å². The van der Waals surface area contributed by atoms with Crippen molar-refractivity contribution in [2.75, 3.05) is 6.61 Å². The maximum absolute atomic E-state index is 11.9. The van der Waals surface area contributed by atoms with Crippen LogP contribution in [-0.4, -0.2) is 28.6 Å². The van der Waals surface area contributed by atoms with Gasteiger partial charge in [0.2, 0.25) is 0 Å². The van der Waals surface area contributed by atoms with Crippen LogP contribution < -0.4 is 5.32 Å². The molecule has 0 bridgehead atoms. The number of hydrogen-bond donors (Lipinski definition) is 2. The van der Waals surface area contributed by atoms with Gasteiger partial charge in [0.15, 0.2) is 0 Å². The van der Waals surface area contributed by atoms with E-state index in [9.17, 15) is 14.9 Å². The van der Waals surface area contributed by atoms with Crippen LogP contribution >= 0.6 is 0 Å². The number of carbonyl (C=O) groups excluding carboxylic acids is 1. The summed E-state index contributed by atoms with van der Waals surface area (Å²) in [5.41, 5.74) is -0.239. The molecule has 0 aromatic heterocycles. The molecule has 0 unspecified atom stereocenters. The van der Waals surface area contributed by atoms with Gasteiger partial charge in [0.05, 0.1) is 17.6 Å². The molecule has 98 valence electrons. The highest BCUT2D eigenvalue weighted by atomic mass is 16.6. The summed E-state index contributed by atoms with van der Waals surface area (Å²) in [5, 5.41) is 22.5. The number of rotatable bonds is 5. The fraction of sp³-hybridized carbons (Fsp3) is 0.417. The van der Waals surface area contributed by atoms with Crippen molar-refractivity contribution in [1.82, 2.24) is 5.32 Å². The third kappa shape index (κ3) is 3.27. The molecule has 1 rings (SSSR count). The van der Waals surface area contributed by atoms with E-state index in [2.05, 4.69) is 5.32 Å². The predicted octanol–water partition coefficient (Wildman–Crippen LogP) is 1.34. The Labute approximate surface area is 105 Å². The molecule has 1 amide bonds. The smallest absolute Gasteiger partial charge is 0.282 e. The highest BCUT2D eigenvalue weighted by molar-refractivity contribution is 5.98. The lowest BCUT2D eigenvalue weighted by atomic mass is 10.0. The second kappa shape index (κ2) is 6.11. The van der Waals surface area contributed by atoms with Crippen LogP contribution in [0.1, 0.15) is 24.2 Å². The van der Waals surface area contributed by atoms with Crippen molar-refractivity contribution in [3.8, 4) is 0 Å². The molecular weight excluding hydrogens is 236 g/mol. The molecule has 0 aliphatic heterocycles. The minimum Gasteiger partial charge on any atom is -0.394 e. The SMILES string of the molecule is CC(C)[C@@H](CO)NC(=O)c1ccccc1[N+](=O)[O-]. The van der Waals surface area contributed by atoms with Crippen molar-refractivity contribution in [2.45, 2.75) is 19.9 Å². The summed E-state index contributed by atoms with van der Waals surface area (Å²) in [6, 6.07) is 5.31. The van der Waals surface area contributed by atoms with Crippen molar-refractivity contribution >= 4 is 11.6 Å². The van der Waals surface area contributed by atoms with Gasteiger partial charge in [-0.25, -0.2) is 0 Å². The average Bonchev–Trinajstić information content (AvgIpc) is 2.35. The topological polar surface area (TPSA) is 92.5 Å². The maximum Gasteiger partial charge on any atom is 0.282 e. The van der Waals surface area contributed by atoms with Crippen molar-refractivity contribution < 1.29 is 14.8 Å². The van der Waals surface area contributed by atoms with Crippen molar-refractivity contribution in [3.05, 3.63) is 39.9 Å². The molecular formula is C12H16N2O4. The summed E-state index contributed by atoms with van der Waals surface area (Å²) >= 11 is 0. The molecule has 1 atom stereocenters. The second-order valence-corrected chi connectivity index (χ2v) is 4.28. The Morgan fingerprint density at radius 1 is 1.44 bits per heavy atom. The van der Waals surface area contributed by atoms with Crippen LogP contribution in [0.3, 0.4) is 0 Å². The van der Waals surface area contributed by atoms with Gasteiger partial charge in [-0.1, -0.05) is 26.0 Å². The number of aliphatic hydroxyl groups is 1. The number of benzene rings is 1. The minimum absolute atomic E-state index is 0.00148. The summed E-state index contributed by atoms with van der Waals surface area (Å²) in [6.45, 7) is 3.49. The number of nitrogens with one attached hydrogen (secondary N) is 1. The molecule has 6 nitrogen and oxygen atoms in total. The predicted molar refractivity (Wildman–Crippen MR) is 66.3 cm³/mol. The number of para-hydroxylation sites is 1. The molecule has 0 aliphatic carbocycles. The zero-order chi connectivity index (χ0) is 13.7. The standard InChI is InChI=1S/C12H16N2O4/c1-8(2)10(7-15)13-12(16)9-5-3-4-6-11(9)14(17)18/h3-6,8,10,15H,7H2,1-2H3,(H,13,16)/t10-/m1/s1. The van der Waals surface area contributed by atoms with Crippen LogP contribution in [0, 0.1) is 16.0 Å². The Balaban J connectivity index is 2.94. The zero-order valence-electron chi connectivity index (χ0n) is 10.3. The summed E-state index contributed by atoms with van der Waals surface area (Å²) in [4.78, 5) is 22.1. The van der Waals surface area contributed by atoms with Crippen molar-refractivity contribution in [1.29, 1.82) is 0 Å². The highest BCUT2D eigenvalue weighted by Crippen LogP contribution is 2.17. The van der Waals surface area contributed by atoms with Crippen LogP contribution in [0.4, 0.5) is 5.69 Å². The molecule has 0 saturated carbocycles. The average molecular weight is 252 g/mol. The van der Waals surface area contributed by atoms with Crippen LogP contribution in [-0.2, 0) is 0 Å². The van der Waals surface area contributed by atoms with Crippen LogP contribution in [0.25, 0.3) is 0 Å². The molecule has 0 radical (unpaired) electrons. The Hall–Kier alpha value is -1.95. The Morgan fingerprint density at radius 2 is 2.06 bits per heavy atom. The van der Waals surface area contributed by atoms with E-state index in [4.69, 9.17) is 5.11 Å². The quantitative estimate of drug-likeness (QED) is 0.611. The first-order valence-corrected chi connectivity index (χ1v) is 5.62. The molecule has 0 spiro atoms. The molecule has 1 aromatic carbocycles. The third-order valence-corrected chi connectivity index (χ3v) is 2.66. The van der Waals surface area contributed by atoms with Gasteiger partial charge in [-0.05, 0) is 12.0 Å². The van der Waals surface area contributed by atoms with Gasteiger partial charge in [-0.15, -0.1) is 0 Å². The normalized spacial score (nSPS) is 12.2. The Kier molecular flexibility index (Phi) is 4.79. The van der Waals surface area contributed by atoms with E-state index in [1.165, 1.54) is 18.2 Å². The molecule has 1 aromatic rings. The van der Waals surface area contributed by atoms with Gasteiger partial charge in [0.1, 0.15) is 5.56 Å². The van der Waals surface area contributed by atoms with E-state index < -0.39 is 16.9 Å². The number of nitro groups is 1. The number of carbonyl (C=O) groups is 1. The lowest BCUT2D eigenvalue weighted by Crippen LogP contribution is -2.41. The number of aliphatic hydroxyl groups excluding tert-OH is 1. The highest BCUT2D eigenvalue weighted by Gasteiger charge is 2.22. The largest absolute Gasteiger partial charge is 0.394 e. The first-order valence-electron chi connectivity index (χ1n) is 5.62. The van der Waals surface area contributed by atoms with E-state index in [0.717, 1.165) is 0 Å². The molecule has 0 fully saturated rings. The van der Waals surface area contributed by atoms with Crippen LogP contribution in [0.2, 0.25) is 0 Å². The monoisotopic (exact) mass is 252 g/mol. The lowest BCUT2D eigenvalue weighted by Gasteiger charge is -2.19. The van der Waals surface area contributed by atoms with Gasteiger partial charge in [-0.3, -0.25) is 14.9 Å². The van der Waals surface area contributed by atoms with Crippen LogP contribution in [0.15, 0.2) is 24.3 Å². The van der Waals surface area contributed by atoms with E-state index in [0.29, 0.717) is 0 Å². The summed E-state index contributed by atoms with van der Waals surface area (Å²) in [6.07, 6.45) is 0. The first kappa shape index (κ1) is 14.1. The Bertz CT molecular complexity index is 445. The Morgan fingerprint density at radius 3 is 2.56 bits per heavy atom. The van der Waals surface area contributed by atoms with Gasteiger partial charge < -0.3 is 10.4 Å². The molecule has 2 N–H and O–H groups in total. The molecule has 0 heterocycles. The number of hydrogen-bond acceptors (Lipinski definition) is 4. The molecule has 0 aliphatic rings. The minimum atomic E-state index is -0.599. The first-order chi connectivity index (χ1) is 8.47. The number of nitrogens with zero attached hydrogens (tertiary/aromatic N) is 1. The van der Waals surface area contributed by atoms with Crippen LogP contribution in [0.5, 0.6) is 0 Å². The fourth-order valence-corrected chi connectivity index (χ4v) is 1.49. The van der Waals surface area contributed by atoms with Crippen molar-refractivity contribution in [2.24, 2.45) is 5.92 Å².